The van der Waals surface area contributed by atoms with Gasteiger partial charge in [0.05, 0.1) is 4.47 Å². The van der Waals surface area contributed by atoms with Gasteiger partial charge in [0.15, 0.2) is 4.67 Å². The molecule has 0 aliphatic carbocycles. The van der Waals surface area contributed by atoms with Gasteiger partial charge in [0, 0.05) is 10.9 Å². The van der Waals surface area contributed by atoms with Crippen molar-refractivity contribution in [3.8, 4) is 0 Å². The van der Waals surface area contributed by atoms with Gasteiger partial charge in [-0.3, -0.25) is 0 Å². The van der Waals surface area contributed by atoms with Crippen LogP contribution in [-0.2, 0) is 6.42 Å². The fourth-order valence-electron chi connectivity index (χ4n) is 1.47. The largest absolute Gasteiger partial charge is 0.450 e. The van der Waals surface area contributed by atoms with E-state index in [2.05, 4.69) is 47.8 Å². The maximum absolute atomic E-state index is 10.0. The second kappa shape index (κ2) is 5.69. The SMILES string of the molecule is OC(Cc1ccc(Br)cc1)c1cc(Br)c(Br)o1. The molecule has 0 saturated carbocycles. The molecule has 2 aromatic rings. The number of rotatable bonds is 3. The van der Waals surface area contributed by atoms with E-state index in [1.54, 1.807) is 6.07 Å². The Morgan fingerprint density at radius 2 is 1.76 bits per heavy atom. The molecule has 1 aromatic carbocycles. The van der Waals surface area contributed by atoms with Gasteiger partial charge >= 0.3 is 0 Å². The lowest BCUT2D eigenvalue weighted by Crippen LogP contribution is -2.00. The van der Waals surface area contributed by atoms with Gasteiger partial charge in [-0.15, -0.1) is 0 Å². The first-order valence-electron chi connectivity index (χ1n) is 4.93. The predicted molar refractivity (Wildman–Crippen MR) is 76.9 cm³/mol. The number of hydrogen-bond donors (Lipinski definition) is 1. The Labute approximate surface area is 124 Å². The van der Waals surface area contributed by atoms with Crippen molar-refractivity contribution in [2.75, 3.05) is 0 Å². The van der Waals surface area contributed by atoms with Crippen molar-refractivity contribution in [3.05, 3.63) is 55.3 Å². The van der Waals surface area contributed by atoms with E-state index in [1.807, 2.05) is 24.3 Å². The number of aliphatic hydroxyl groups excluding tert-OH is 1. The molecule has 0 spiro atoms. The first kappa shape index (κ1) is 13.3. The van der Waals surface area contributed by atoms with Gasteiger partial charge in [-0.1, -0.05) is 28.1 Å². The van der Waals surface area contributed by atoms with Gasteiger partial charge < -0.3 is 9.52 Å². The third-order valence-corrected chi connectivity index (χ3v) is 4.57. The maximum atomic E-state index is 10.0. The van der Waals surface area contributed by atoms with E-state index >= 15 is 0 Å². The predicted octanol–water partition coefficient (Wildman–Crippen LogP) is 4.84. The molecule has 1 unspecified atom stereocenters. The van der Waals surface area contributed by atoms with Crippen molar-refractivity contribution in [1.82, 2.24) is 0 Å². The van der Waals surface area contributed by atoms with Gasteiger partial charge in [0.1, 0.15) is 11.9 Å². The Morgan fingerprint density at radius 3 is 2.29 bits per heavy atom. The summed E-state index contributed by atoms with van der Waals surface area (Å²) >= 11 is 9.95. The van der Waals surface area contributed by atoms with Crippen LogP contribution in [-0.4, -0.2) is 5.11 Å². The molecule has 1 N–H and O–H groups in total. The summed E-state index contributed by atoms with van der Waals surface area (Å²) in [5.74, 6) is 0.548. The van der Waals surface area contributed by atoms with Gasteiger partial charge in [-0.05, 0) is 55.6 Å². The van der Waals surface area contributed by atoms with E-state index in [-0.39, 0.29) is 0 Å². The standard InChI is InChI=1S/C12H9Br3O2/c13-8-3-1-7(2-4-8)5-10(16)11-6-9(14)12(15)17-11/h1-4,6,10,16H,5H2. The summed E-state index contributed by atoms with van der Waals surface area (Å²) in [6.45, 7) is 0. The Hall–Kier alpha value is -0.100. The van der Waals surface area contributed by atoms with Crippen LogP contribution in [0.5, 0.6) is 0 Å². The molecule has 1 aromatic heterocycles. The van der Waals surface area contributed by atoms with Crippen molar-refractivity contribution >= 4 is 47.8 Å². The normalized spacial score (nSPS) is 12.7. The first-order valence-corrected chi connectivity index (χ1v) is 7.31. The minimum atomic E-state index is -0.640. The van der Waals surface area contributed by atoms with Crippen LogP contribution >= 0.6 is 47.8 Å². The van der Waals surface area contributed by atoms with Gasteiger partial charge in [0.25, 0.3) is 0 Å². The molecule has 1 atom stereocenters. The molecular formula is C12H9Br3O2. The average molecular weight is 425 g/mol. The minimum Gasteiger partial charge on any atom is -0.450 e. The highest BCUT2D eigenvalue weighted by Gasteiger charge is 2.15. The lowest BCUT2D eigenvalue weighted by molar-refractivity contribution is 0.149. The number of hydrogen-bond acceptors (Lipinski definition) is 2. The molecule has 0 saturated heterocycles. The van der Waals surface area contributed by atoms with Crippen LogP contribution in [0.2, 0.25) is 0 Å². The third kappa shape index (κ3) is 3.44. The zero-order chi connectivity index (χ0) is 12.4. The van der Waals surface area contributed by atoms with Crippen LogP contribution in [0.3, 0.4) is 0 Å². The molecule has 2 rings (SSSR count). The van der Waals surface area contributed by atoms with Gasteiger partial charge in [-0.25, -0.2) is 0 Å². The second-order valence-electron chi connectivity index (χ2n) is 3.62. The quantitative estimate of drug-likeness (QED) is 0.764. The minimum absolute atomic E-state index is 0.527. The highest BCUT2D eigenvalue weighted by atomic mass is 79.9. The Balaban J connectivity index is 2.11. The lowest BCUT2D eigenvalue weighted by Gasteiger charge is -2.07. The molecule has 0 bridgehead atoms. The number of benzene rings is 1. The molecule has 5 heteroatoms. The van der Waals surface area contributed by atoms with Crippen LogP contribution in [0.15, 0.2) is 48.4 Å². The molecule has 0 fully saturated rings. The molecular weight excluding hydrogens is 416 g/mol. The Kier molecular flexibility index (Phi) is 4.47. The van der Waals surface area contributed by atoms with Crippen LogP contribution in [0, 0.1) is 0 Å². The highest BCUT2D eigenvalue weighted by Crippen LogP contribution is 2.31. The summed E-state index contributed by atoms with van der Waals surface area (Å²) < 4.78 is 7.82. The van der Waals surface area contributed by atoms with Crippen molar-refractivity contribution in [2.45, 2.75) is 12.5 Å². The summed E-state index contributed by atoms with van der Waals surface area (Å²) in [5, 5.41) is 10.0. The summed E-state index contributed by atoms with van der Waals surface area (Å²) in [5.41, 5.74) is 1.06. The highest BCUT2D eigenvalue weighted by molar-refractivity contribution is 9.13. The molecule has 0 aliphatic rings. The van der Waals surface area contributed by atoms with Crippen molar-refractivity contribution < 1.29 is 9.52 Å². The number of furan rings is 1. The zero-order valence-corrected chi connectivity index (χ0v) is 13.4. The molecule has 2 nitrogen and oxygen atoms in total. The smallest absolute Gasteiger partial charge is 0.183 e. The molecule has 1 heterocycles. The van der Waals surface area contributed by atoms with Crippen LogP contribution in [0.1, 0.15) is 17.4 Å². The van der Waals surface area contributed by atoms with Crippen LogP contribution in [0.25, 0.3) is 0 Å². The lowest BCUT2D eigenvalue weighted by atomic mass is 10.1. The van der Waals surface area contributed by atoms with Crippen molar-refractivity contribution in [2.24, 2.45) is 0 Å². The molecule has 17 heavy (non-hydrogen) atoms. The summed E-state index contributed by atoms with van der Waals surface area (Å²) in [6.07, 6.45) is -0.113. The molecule has 0 amide bonds. The number of halogens is 3. The molecule has 90 valence electrons. The first-order chi connectivity index (χ1) is 8.06. The van der Waals surface area contributed by atoms with Crippen LogP contribution in [0.4, 0.5) is 0 Å². The maximum Gasteiger partial charge on any atom is 0.183 e. The topological polar surface area (TPSA) is 33.4 Å². The summed E-state index contributed by atoms with van der Waals surface area (Å²) in [4.78, 5) is 0. The number of aliphatic hydroxyl groups is 1. The molecule has 0 radical (unpaired) electrons. The third-order valence-electron chi connectivity index (χ3n) is 2.33. The fraction of sp³-hybridized carbons (Fsp3) is 0.167. The summed E-state index contributed by atoms with van der Waals surface area (Å²) in [7, 11) is 0. The summed E-state index contributed by atoms with van der Waals surface area (Å²) in [6, 6.07) is 9.63. The second-order valence-corrected chi connectivity index (χ2v) is 6.11. The average Bonchev–Trinajstić information content (AvgIpc) is 2.63. The van der Waals surface area contributed by atoms with Crippen LogP contribution < -0.4 is 0 Å². The monoisotopic (exact) mass is 422 g/mol. The fourth-order valence-corrected chi connectivity index (χ4v) is 2.34. The Morgan fingerprint density at radius 1 is 1.12 bits per heavy atom. The molecule has 0 aliphatic heterocycles. The van der Waals surface area contributed by atoms with Gasteiger partial charge in [-0.2, -0.15) is 0 Å². The van der Waals surface area contributed by atoms with Crippen molar-refractivity contribution in [1.29, 1.82) is 0 Å². The zero-order valence-electron chi connectivity index (χ0n) is 8.66. The van der Waals surface area contributed by atoms with E-state index in [0.29, 0.717) is 16.9 Å². The van der Waals surface area contributed by atoms with E-state index in [1.165, 1.54) is 0 Å². The van der Waals surface area contributed by atoms with E-state index in [9.17, 15) is 5.11 Å². The van der Waals surface area contributed by atoms with E-state index in [0.717, 1.165) is 14.5 Å². The van der Waals surface area contributed by atoms with E-state index in [4.69, 9.17) is 4.42 Å². The van der Waals surface area contributed by atoms with Gasteiger partial charge in [0.2, 0.25) is 0 Å². The Bertz CT molecular complexity index is 485. The van der Waals surface area contributed by atoms with Crippen molar-refractivity contribution in [3.63, 3.8) is 0 Å². The van der Waals surface area contributed by atoms with E-state index < -0.39 is 6.10 Å².